The first-order valence-electron chi connectivity index (χ1n) is 6.36. The molecule has 0 saturated heterocycles. The average molecular weight is 362 g/mol. The minimum Gasteiger partial charge on any atom is -0.465 e. The molecule has 0 radical (unpaired) electrons. The van der Waals surface area contributed by atoms with Crippen LogP contribution >= 0.6 is 27.3 Å². The van der Waals surface area contributed by atoms with E-state index < -0.39 is 0 Å². The standard InChI is InChI=1S/C16H12BrNO2S/c1-20-16(19)14-10-5-2-3-6-12(10)18-15(11(14)9-17)13-7-4-8-21-13/h2-8H,9H2,1H3. The van der Waals surface area contributed by atoms with Crippen molar-refractivity contribution in [1.29, 1.82) is 0 Å². The van der Waals surface area contributed by atoms with E-state index >= 15 is 0 Å². The first kappa shape index (κ1) is 14.2. The fraction of sp³-hybridized carbons (Fsp3) is 0.125. The van der Waals surface area contributed by atoms with E-state index in [9.17, 15) is 4.79 Å². The number of aromatic nitrogens is 1. The van der Waals surface area contributed by atoms with Gasteiger partial charge in [0.25, 0.3) is 0 Å². The number of para-hydroxylation sites is 1. The van der Waals surface area contributed by atoms with E-state index in [1.165, 1.54) is 7.11 Å². The zero-order valence-corrected chi connectivity index (χ0v) is 13.7. The summed E-state index contributed by atoms with van der Waals surface area (Å²) in [6.07, 6.45) is 0. The number of nitrogens with zero attached hydrogens (tertiary/aromatic N) is 1. The minimum atomic E-state index is -0.333. The van der Waals surface area contributed by atoms with Crippen molar-refractivity contribution in [3.05, 3.63) is 52.9 Å². The van der Waals surface area contributed by atoms with Crippen LogP contribution in [0.4, 0.5) is 0 Å². The van der Waals surface area contributed by atoms with Gasteiger partial charge in [0.15, 0.2) is 0 Å². The number of thiophene rings is 1. The number of fused-ring (bicyclic) bond motifs is 1. The molecule has 1 aromatic carbocycles. The highest BCUT2D eigenvalue weighted by atomic mass is 79.9. The second-order valence-electron chi connectivity index (χ2n) is 4.43. The van der Waals surface area contributed by atoms with Gasteiger partial charge in [-0.25, -0.2) is 9.78 Å². The molecule has 0 unspecified atom stereocenters. The fourth-order valence-corrected chi connectivity index (χ4v) is 3.62. The summed E-state index contributed by atoms with van der Waals surface area (Å²) in [6.45, 7) is 0. The van der Waals surface area contributed by atoms with Crippen molar-refractivity contribution in [1.82, 2.24) is 4.98 Å². The lowest BCUT2D eigenvalue weighted by molar-refractivity contribution is 0.0602. The lowest BCUT2D eigenvalue weighted by Crippen LogP contribution is -2.08. The molecule has 5 heteroatoms. The van der Waals surface area contributed by atoms with Crippen molar-refractivity contribution in [2.45, 2.75) is 5.33 Å². The second kappa shape index (κ2) is 5.95. The van der Waals surface area contributed by atoms with Crippen LogP contribution in [0.15, 0.2) is 41.8 Å². The van der Waals surface area contributed by atoms with Crippen molar-refractivity contribution < 1.29 is 9.53 Å². The average Bonchev–Trinajstić information content (AvgIpc) is 3.06. The predicted molar refractivity (Wildman–Crippen MR) is 89.0 cm³/mol. The summed E-state index contributed by atoms with van der Waals surface area (Å²) < 4.78 is 4.98. The van der Waals surface area contributed by atoms with Gasteiger partial charge in [-0.15, -0.1) is 11.3 Å². The summed E-state index contributed by atoms with van der Waals surface area (Å²) in [5, 5.41) is 3.36. The molecule has 0 aliphatic carbocycles. The van der Waals surface area contributed by atoms with E-state index in [1.807, 2.05) is 41.8 Å². The third-order valence-corrected chi connectivity index (χ3v) is 4.71. The molecule has 0 aliphatic rings. The van der Waals surface area contributed by atoms with Crippen LogP contribution < -0.4 is 0 Å². The molecular weight excluding hydrogens is 350 g/mol. The van der Waals surface area contributed by atoms with Gasteiger partial charge in [0, 0.05) is 16.3 Å². The Morgan fingerprint density at radius 3 is 2.76 bits per heavy atom. The van der Waals surface area contributed by atoms with Crippen molar-refractivity contribution in [2.75, 3.05) is 7.11 Å². The number of pyridine rings is 1. The van der Waals surface area contributed by atoms with Gasteiger partial charge < -0.3 is 4.74 Å². The van der Waals surface area contributed by atoms with Gasteiger partial charge in [0.2, 0.25) is 0 Å². The largest absolute Gasteiger partial charge is 0.465 e. The Hall–Kier alpha value is -1.72. The molecule has 0 fully saturated rings. The third-order valence-electron chi connectivity index (χ3n) is 3.27. The summed E-state index contributed by atoms with van der Waals surface area (Å²) in [4.78, 5) is 18.0. The Kier molecular flexibility index (Phi) is 4.03. The molecule has 3 aromatic rings. The number of esters is 1. The normalized spacial score (nSPS) is 10.8. The van der Waals surface area contributed by atoms with Gasteiger partial charge in [-0.1, -0.05) is 40.2 Å². The quantitative estimate of drug-likeness (QED) is 0.503. The van der Waals surface area contributed by atoms with Gasteiger partial charge >= 0.3 is 5.97 Å². The zero-order chi connectivity index (χ0) is 14.8. The maximum atomic E-state index is 12.3. The van der Waals surface area contributed by atoms with Gasteiger partial charge in [-0.2, -0.15) is 0 Å². The van der Waals surface area contributed by atoms with E-state index in [2.05, 4.69) is 15.9 Å². The van der Waals surface area contributed by atoms with Crippen LogP contribution in [0.2, 0.25) is 0 Å². The highest BCUT2D eigenvalue weighted by Gasteiger charge is 2.21. The number of benzene rings is 1. The van der Waals surface area contributed by atoms with Crippen molar-refractivity contribution in [3.63, 3.8) is 0 Å². The summed E-state index contributed by atoms with van der Waals surface area (Å²) in [5.41, 5.74) is 3.08. The minimum absolute atomic E-state index is 0.333. The summed E-state index contributed by atoms with van der Waals surface area (Å²) in [7, 11) is 1.40. The third kappa shape index (κ3) is 2.47. The zero-order valence-electron chi connectivity index (χ0n) is 11.3. The van der Waals surface area contributed by atoms with Crippen LogP contribution in [-0.4, -0.2) is 18.1 Å². The summed E-state index contributed by atoms with van der Waals surface area (Å²) in [6, 6.07) is 11.6. The molecule has 0 amide bonds. The Bertz CT molecular complexity index is 799. The Morgan fingerprint density at radius 1 is 1.29 bits per heavy atom. The summed E-state index contributed by atoms with van der Waals surface area (Å²) in [5.74, 6) is -0.333. The van der Waals surface area contributed by atoms with Crippen LogP contribution in [-0.2, 0) is 10.1 Å². The number of carbonyl (C=O) groups is 1. The van der Waals surface area contributed by atoms with Gasteiger partial charge in [-0.05, 0) is 17.5 Å². The van der Waals surface area contributed by atoms with Crippen LogP contribution in [0.3, 0.4) is 0 Å². The number of ether oxygens (including phenoxy) is 1. The van der Waals surface area contributed by atoms with Crippen LogP contribution in [0, 0.1) is 0 Å². The molecular formula is C16H12BrNO2S. The Balaban J connectivity index is 2.41. The van der Waals surface area contributed by atoms with E-state index in [0.29, 0.717) is 10.9 Å². The Morgan fingerprint density at radius 2 is 2.10 bits per heavy atom. The highest BCUT2D eigenvalue weighted by molar-refractivity contribution is 9.08. The lowest BCUT2D eigenvalue weighted by atomic mass is 10.0. The molecule has 0 aliphatic heterocycles. The topological polar surface area (TPSA) is 39.2 Å². The molecule has 0 N–H and O–H groups in total. The Labute approximate surface area is 134 Å². The number of methoxy groups -OCH3 is 1. The maximum Gasteiger partial charge on any atom is 0.338 e. The first-order valence-corrected chi connectivity index (χ1v) is 8.36. The molecule has 2 heterocycles. The molecule has 3 nitrogen and oxygen atoms in total. The van der Waals surface area contributed by atoms with Gasteiger partial charge in [0.1, 0.15) is 0 Å². The van der Waals surface area contributed by atoms with Crippen molar-refractivity contribution in [3.8, 4) is 10.6 Å². The molecule has 106 valence electrons. The number of hydrogen-bond donors (Lipinski definition) is 0. The first-order chi connectivity index (χ1) is 10.3. The SMILES string of the molecule is COC(=O)c1c(CBr)c(-c2cccs2)nc2ccccc12. The molecule has 0 atom stereocenters. The van der Waals surface area contributed by atoms with Gasteiger partial charge in [0.05, 0.1) is 28.8 Å². The molecule has 3 rings (SSSR count). The van der Waals surface area contributed by atoms with Crippen LogP contribution in [0.5, 0.6) is 0 Å². The van der Waals surface area contributed by atoms with Crippen molar-refractivity contribution in [2.24, 2.45) is 0 Å². The van der Waals surface area contributed by atoms with Crippen molar-refractivity contribution >= 4 is 44.1 Å². The molecule has 21 heavy (non-hydrogen) atoms. The van der Waals surface area contributed by atoms with Crippen LogP contribution in [0.1, 0.15) is 15.9 Å². The van der Waals surface area contributed by atoms with Crippen LogP contribution in [0.25, 0.3) is 21.5 Å². The predicted octanol–water partition coefficient (Wildman–Crippen LogP) is 4.64. The van der Waals surface area contributed by atoms with E-state index in [0.717, 1.165) is 27.0 Å². The second-order valence-corrected chi connectivity index (χ2v) is 5.94. The number of rotatable bonds is 3. The van der Waals surface area contributed by atoms with E-state index in [-0.39, 0.29) is 5.97 Å². The van der Waals surface area contributed by atoms with E-state index in [1.54, 1.807) is 11.3 Å². The monoisotopic (exact) mass is 361 g/mol. The van der Waals surface area contributed by atoms with E-state index in [4.69, 9.17) is 9.72 Å². The number of carbonyl (C=O) groups excluding carboxylic acids is 1. The smallest absolute Gasteiger partial charge is 0.338 e. The molecule has 0 spiro atoms. The molecule has 2 aromatic heterocycles. The lowest BCUT2D eigenvalue weighted by Gasteiger charge is -2.13. The fourth-order valence-electron chi connectivity index (χ4n) is 2.33. The van der Waals surface area contributed by atoms with Gasteiger partial charge in [-0.3, -0.25) is 0 Å². The number of alkyl halides is 1. The maximum absolute atomic E-state index is 12.3. The molecule has 0 bridgehead atoms. The number of hydrogen-bond acceptors (Lipinski definition) is 4. The molecule has 0 saturated carbocycles. The highest BCUT2D eigenvalue weighted by Crippen LogP contribution is 2.34. The summed E-state index contributed by atoms with van der Waals surface area (Å²) >= 11 is 5.09. The number of halogens is 1.